The van der Waals surface area contributed by atoms with Crippen LogP contribution in [0.3, 0.4) is 0 Å². The number of carboxylic acids is 1. The van der Waals surface area contributed by atoms with Crippen LogP contribution >= 0.6 is 11.8 Å². The molecule has 2 rings (SSSR count). The predicted molar refractivity (Wildman–Crippen MR) is 72.0 cm³/mol. The van der Waals surface area contributed by atoms with Crippen molar-refractivity contribution in [2.24, 2.45) is 0 Å². The van der Waals surface area contributed by atoms with Crippen LogP contribution in [0.15, 0.2) is 12.3 Å². The maximum Gasteiger partial charge on any atom is 0.342 e. The Morgan fingerprint density at radius 1 is 1.68 bits per heavy atom. The highest BCUT2D eigenvalue weighted by Gasteiger charge is 2.25. The van der Waals surface area contributed by atoms with Crippen LogP contribution in [0.2, 0.25) is 0 Å². The summed E-state index contributed by atoms with van der Waals surface area (Å²) in [7, 11) is 0. The number of aromatic nitrogens is 1. The van der Waals surface area contributed by atoms with Gasteiger partial charge in [0.1, 0.15) is 17.6 Å². The van der Waals surface area contributed by atoms with E-state index in [1.165, 1.54) is 6.07 Å². The lowest BCUT2D eigenvalue weighted by Crippen LogP contribution is -2.41. The Labute approximate surface area is 113 Å². The molecule has 19 heavy (non-hydrogen) atoms. The van der Waals surface area contributed by atoms with Crippen molar-refractivity contribution in [3.63, 3.8) is 0 Å². The molecule has 1 fully saturated rings. The van der Waals surface area contributed by atoms with E-state index in [1.807, 2.05) is 23.6 Å². The van der Waals surface area contributed by atoms with E-state index in [0.717, 1.165) is 24.2 Å². The van der Waals surface area contributed by atoms with Crippen LogP contribution in [0.5, 0.6) is 0 Å². The van der Waals surface area contributed by atoms with Gasteiger partial charge in [-0.15, -0.1) is 0 Å². The number of aromatic carboxylic acids is 1. The van der Waals surface area contributed by atoms with Crippen molar-refractivity contribution in [2.45, 2.75) is 13.0 Å². The Balaban J connectivity index is 2.40. The topological polar surface area (TPSA) is 96.6 Å². The maximum atomic E-state index is 11.1. The van der Waals surface area contributed by atoms with Crippen LogP contribution in [-0.2, 0) is 0 Å². The third-order valence-electron chi connectivity index (χ3n) is 2.96. The molecule has 1 unspecified atom stereocenters. The summed E-state index contributed by atoms with van der Waals surface area (Å²) in [6.07, 6.45) is 1.02. The van der Waals surface area contributed by atoms with Gasteiger partial charge in [-0.1, -0.05) is 0 Å². The predicted octanol–water partition coefficient (Wildman–Crippen LogP) is 1.63. The van der Waals surface area contributed by atoms with E-state index < -0.39 is 16.6 Å². The molecular weight excluding hydrogens is 270 g/mol. The molecule has 0 saturated carbocycles. The van der Waals surface area contributed by atoms with E-state index >= 15 is 0 Å². The second kappa shape index (κ2) is 5.43. The minimum Gasteiger partial charge on any atom is -0.477 e. The van der Waals surface area contributed by atoms with Gasteiger partial charge < -0.3 is 10.0 Å². The van der Waals surface area contributed by atoms with Gasteiger partial charge in [0, 0.05) is 30.2 Å². The van der Waals surface area contributed by atoms with Crippen LogP contribution in [0.4, 0.5) is 11.5 Å². The Kier molecular flexibility index (Phi) is 3.89. The Morgan fingerprint density at radius 3 is 3.00 bits per heavy atom. The first-order valence-corrected chi connectivity index (χ1v) is 6.88. The number of pyridine rings is 1. The lowest BCUT2D eigenvalue weighted by molar-refractivity contribution is -0.385. The normalized spacial score (nSPS) is 19.2. The molecule has 1 aromatic heterocycles. The van der Waals surface area contributed by atoms with E-state index in [0.29, 0.717) is 5.82 Å². The fraction of sp³-hybridized carbons (Fsp3) is 0.455. The Morgan fingerprint density at radius 2 is 2.42 bits per heavy atom. The summed E-state index contributed by atoms with van der Waals surface area (Å²) in [5.74, 6) is 1.04. The number of nitro groups is 1. The lowest BCUT2D eigenvalue weighted by Gasteiger charge is -2.34. The molecule has 0 bridgehead atoms. The van der Waals surface area contributed by atoms with Crippen LogP contribution < -0.4 is 4.90 Å². The third-order valence-corrected chi connectivity index (χ3v) is 4.15. The van der Waals surface area contributed by atoms with Crippen molar-refractivity contribution in [1.82, 2.24) is 4.98 Å². The van der Waals surface area contributed by atoms with Gasteiger partial charge in [0.15, 0.2) is 0 Å². The minimum atomic E-state index is -1.31. The van der Waals surface area contributed by atoms with Gasteiger partial charge in [-0.2, -0.15) is 11.8 Å². The SMILES string of the molecule is CC1CSCCN1c1cc(C(=O)O)c([N+](=O)[O-])cn1. The summed E-state index contributed by atoms with van der Waals surface area (Å²) >= 11 is 1.83. The zero-order chi connectivity index (χ0) is 14.0. The van der Waals surface area contributed by atoms with Crippen molar-refractivity contribution in [2.75, 3.05) is 23.0 Å². The number of hydrogen-bond donors (Lipinski definition) is 1. The summed E-state index contributed by atoms with van der Waals surface area (Å²) < 4.78 is 0. The van der Waals surface area contributed by atoms with Gasteiger partial charge >= 0.3 is 11.7 Å². The molecule has 102 valence electrons. The molecule has 1 aliphatic heterocycles. The van der Waals surface area contributed by atoms with E-state index in [9.17, 15) is 14.9 Å². The molecule has 1 saturated heterocycles. The number of hydrogen-bond acceptors (Lipinski definition) is 6. The van der Waals surface area contributed by atoms with Gasteiger partial charge in [0.05, 0.1) is 4.92 Å². The Bertz CT molecular complexity index is 523. The molecule has 2 heterocycles. The van der Waals surface area contributed by atoms with E-state index in [2.05, 4.69) is 4.98 Å². The highest BCUT2D eigenvalue weighted by Crippen LogP contribution is 2.26. The van der Waals surface area contributed by atoms with Crippen molar-refractivity contribution in [1.29, 1.82) is 0 Å². The molecule has 8 heteroatoms. The third kappa shape index (κ3) is 2.78. The molecule has 0 spiro atoms. The number of rotatable bonds is 3. The van der Waals surface area contributed by atoms with E-state index in [4.69, 9.17) is 5.11 Å². The standard InChI is InChI=1S/C11H13N3O4S/c1-7-6-19-3-2-13(7)10-4-8(11(15)16)9(5-12-10)14(17)18/h4-5,7H,2-3,6H2,1H3,(H,15,16). The second-order valence-electron chi connectivity index (χ2n) is 4.24. The van der Waals surface area contributed by atoms with Crippen molar-refractivity contribution in [3.05, 3.63) is 27.9 Å². The molecule has 1 aliphatic rings. The molecule has 0 aromatic carbocycles. The second-order valence-corrected chi connectivity index (χ2v) is 5.39. The van der Waals surface area contributed by atoms with Crippen LogP contribution in [0.1, 0.15) is 17.3 Å². The lowest BCUT2D eigenvalue weighted by atomic mass is 10.2. The summed E-state index contributed by atoms with van der Waals surface area (Å²) in [6, 6.07) is 1.52. The average Bonchev–Trinajstić information content (AvgIpc) is 2.38. The van der Waals surface area contributed by atoms with Gasteiger partial charge in [-0.25, -0.2) is 9.78 Å². The number of thioether (sulfide) groups is 1. The van der Waals surface area contributed by atoms with Gasteiger partial charge in [0.2, 0.25) is 0 Å². The monoisotopic (exact) mass is 283 g/mol. The van der Waals surface area contributed by atoms with E-state index in [-0.39, 0.29) is 11.6 Å². The Hall–Kier alpha value is -1.83. The zero-order valence-corrected chi connectivity index (χ0v) is 11.1. The highest BCUT2D eigenvalue weighted by molar-refractivity contribution is 7.99. The number of nitrogens with zero attached hydrogens (tertiary/aromatic N) is 3. The highest BCUT2D eigenvalue weighted by atomic mass is 32.2. The number of anilines is 1. The molecule has 0 radical (unpaired) electrons. The maximum absolute atomic E-state index is 11.1. The molecule has 0 aliphatic carbocycles. The van der Waals surface area contributed by atoms with E-state index in [1.54, 1.807) is 0 Å². The first kappa shape index (κ1) is 13.6. The largest absolute Gasteiger partial charge is 0.477 e. The quantitative estimate of drug-likeness (QED) is 0.665. The van der Waals surface area contributed by atoms with Crippen LogP contribution in [0.25, 0.3) is 0 Å². The molecule has 1 N–H and O–H groups in total. The van der Waals surface area contributed by atoms with Crippen molar-refractivity contribution >= 4 is 29.2 Å². The van der Waals surface area contributed by atoms with Crippen LogP contribution in [-0.4, -0.2) is 45.1 Å². The summed E-state index contributed by atoms with van der Waals surface area (Å²) in [4.78, 5) is 27.1. The smallest absolute Gasteiger partial charge is 0.342 e. The number of carbonyl (C=O) groups is 1. The first-order valence-electron chi connectivity index (χ1n) is 5.73. The zero-order valence-electron chi connectivity index (χ0n) is 10.3. The van der Waals surface area contributed by atoms with Gasteiger partial charge in [0.25, 0.3) is 0 Å². The molecular formula is C11H13N3O4S. The fourth-order valence-electron chi connectivity index (χ4n) is 1.98. The van der Waals surface area contributed by atoms with Crippen molar-refractivity contribution in [3.8, 4) is 0 Å². The molecule has 0 amide bonds. The molecule has 1 aromatic rings. The average molecular weight is 283 g/mol. The summed E-state index contributed by atoms with van der Waals surface area (Å²) in [6.45, 7) is 2.78. The fourth-order valence-corrected chi connectivity index (χ4v) is 2.99. The van der Waals surface area contributed by atoms with Crippen LogP contribution in [0, 0.1) is 10.1 Å². The minimum absolute atomic E-state index is 0.231. The number of carboxylic acid groups (broad SMARTS) is 1. The van der Waals surface area contributed by atoms with Gasteiger partial charge in [-0.05, 0) is 6.92 Å². The summed E-state index contributed by atoms with van der Waals surface area (Å²) in [5.41, 5.74) is -0.796. The van der Waals surface area contributed by atoms with Crippen molar-refractivity contribution < 1.29 is 14.8 Å². The molecule has 1 atom stereocenters. The molecule has 7 nitrogen and oxygen atoms in total. The summed E-state index contributed by atoms with van der Waals surface area (Å²) in [5, 5.41) is 19.8. The first-order chi connectivity index (χ1) is 9.00. The van der Waals surface area contributed by atoms with Gasteiger partial charge in [-0.3, -0.25) is 10.1 Å².